The lowest BCUT2D eigenvalue weighted by Crippen LogP contribution is -2.15. The maximum absolute atomic E-state index is 11.9. The fourth-order valence-corrected chi connectivity index (χ4v) is 3.90. The molecule has 2 fully saturated rings. The standard InChI is InChI=1S/C23H27NO4/c1-26-21-12-11-16(14-22(21)28-19-9-5-6-10-19)20-13-17(20)15-27-23(25)24-18-7-3-2-4-8-18/h2-4,7-8,11-12,14,17,19-20H,5-6,9-10,13,15H2,1H3,(H,24,25). The molecule has 0 saturated heterocycles. The highest BCUT2D eigenvalue weighted by atomic mass is 16.5. The van der Waals surface area contributed by atoms with Crippen LogP contribution in [0, 0.1) is 5.92 Å². The Bertz CT molecular complexity index is 802. The molecule has 28 heavy (non-hydrogen) atoms. The van der Waals surface area contributed by atoms with Crippen LogP contribution >= 0.6 is 0 Å². The molecule has 5 nitrogen and oxygen atoms in total. The minimum Gasteiger partial charge on any atom is -0.493 e. The predicted molar refractivity (Wildman–Crippen MR) is 108 cm³/mol. The number of nitrogens with one attached hydrogen (secondary N) is 1. The van der Waals surface area contributed by atoms with Crippen LogP contribution in [0.5, 0.6) is 11.5 Å². The van der Waals surface area contributed by atoms with Crippen molar-refractivity contribution in [2.24, 2.45) is 5.92 Å². The van der Waals surface area contributed by atoms with E-state index in [1.807, 2.05) is 36.4 Å². The Morgan fingerprint density at radius 3 is 2.61 bits per heavy atom. The highest BCUT2D eigenvalue weighted by Crippen LogP contribution is 2.49. The molecule has 1 N–H and O–H groups in total. The van der Waals surface area contributed by atoms with Crippen LogP contribution in [-0.2, 0) is 4.74 Å². The molecule has 0 radical (unpaired) electrons. The Morgan fingerprint density at radius 2 is 1.86 bits per heavy atom. The molecular weight excluding hydrogens is 354 g/mol. The molecule has 2 saturated carbocycles. The summed E-state index contributed by atoms with van der Waals surface area (Å²) in [6, 6.07) is 15.5. The van der Waals surface area contributed by atoms with Crippen LogP contribution in [-0.4, -0.2) is 25.9 Å². The minimum atomic E-state index is -0.406. The summed E-state index contributed by atoms with van der Waals surface area (Å²) < 4.78 is 17.1. The van der Waals surface area contributed by atoms with Gasteiger partial charge < -0.3 is 14.2 Å². The zero-order valence-corrected chi connectivity index (χ0v) is 16.2. The summed E-state index contributed by atoms with van der Waals surface area (Å²) in [4.78, 5) is 11.9. The first-order chi connectivity index (χ1) is 13.7. The van der Waals surface area contributed by atoms with Crippen LogP contribution in [0.4, 0.5) is 10.5 Å². The quantitative estimate of drug-likeness (QED) is 0.701. The molecule has 0 spiro atoms. The molecule has 2 aliphatic carbocycles. The first-order valence-corrected chi connectivity index (χ1v) is 10.1. The van der Waals surface area contributed by atoms with E-state index < -0.39 is 6.09 Å². The van der Waals surface area contributed by atoms with Gasteiger partial charge in [0.2, 0.25) is 0 Å². The lowest BCUT2D eigenvalue weighted by molar-refractivity contribution is 0.155. The highest BCUT2D eigenvalue weighted by molar-refractivity contribution is 5.84. The van der Waals surface area contributed by atoms with Gasteiger partial charge in [-0.15, -0.1) is 0 Å². The molecule has 2 aliphatic rings. The number of carbonyl (C=O) groups excluding carboxylic acids is 1. The topological polar surface area (TPSA) is 56.8 Å². The van der Waals surface area contributed by atoms with Crippen molar-refractivity contribution in [3.63, 3.8) is 0 Å². The van der Waals surface area contributed by atoms with Gasteiger partial charge in [0.1, 0.15) is 0 Å². The molecule has 0 heterocycles. The number of hydrogen-bond acceptors (Lipinski definition) is 4. The number of benzene rings is 2. The van der Waals surface area contributed by atoms with Crippen molar-refractivity contribution in [1.82, 2.24) is 0 Å². The third-order valence-corrected chi connectivity index (χ3v) is 5.58. The SMILES string of the molecule is COc1ccc(C2CC2COC(=O)Nc2ccccc2)cc1OC1CCCC1. The number of carbonyl (C=O) groups is 1. The van der Waals surface area contributed by atoms with Crippen LogP contribution in [0.3, 0.4) is 0 Å². The van der Waals surface area contributed by atoms with Crippen LogP contribution in [0.15, 0.2) is 48.5 Å². The van der Waals surface area contributed by atoms with Crippen molar-refractivity contribution < 1.29 is 19.0 Å². The van der Waals surface area contributed by atoms with Crippen molar-refractivity contribution in [3.8, 4) is 11.5 Å². The average molecular weight is 381 g/mol. The molecule has 5 heteroatoms. The molecular formula is C23H27NO4. The lowest BCUT2D eigenvalue weighted by atomic mass is 10.1. The second kappa shape index (κ2) is 8.55. The van der Waals surface area contributed by atoms with E-state index in [0.29, 0.717) is 24.5 Å². The Balaban J connectivity index is 1.31. The smallest absolute Gasteiger partial charge is 0.411 e. The van der Waals surface area contributed by atoms with E-state index in [9.17, 15) is 4.79 Å². The van der Waals surface area contributed by atoms with E-state index >= 15 is 0 Å². The summed E-state index contributed by atoms with van der Waals surface area (Å²) in [5.74, 6) is 2.38. The van der Waals surface area contributed by atoms with E-state index in [4.69, 9.17) is 14.2 Å². The number of anilines is 1. The van der Waals surface area contributed by atoms with E-state index in [1.54, 1.807) is 7.11 Å². The Labute approximate surface area is 166 Å². The molecule has 2 aromatic carbocycles. The number of methoxy groups -OCH3 is 1. The summed E-state index contributed by atoms with van der Waals surface area (Å²) >= 11 is 0. The lowest BCUT2D eigenvalue weighted by Gasteiger charge is -2.17. The minimum absolute atomic E-state index is 0.296. The van der Waals surface area contributed by atoms with Crippen LogP contribution in [0.1, 0.15) is 43.6 Å². The van der Waals surface area contributed by atoms with Gasteiger partial charge >= 0.3 is 6.09 Å². The van der Waals surface area contributed by atoms with Crippen molar-refractivity contribution in [2.75, 3.05) is 19.0 Å². The molecule has 0 aliphatic heterocycles. The summed E-state index contributed by atoms with van der Waals surface area (Å²) in [6.45, 7) is 0.425. The van der Waals surface area contributed by atoms with Gasteiger partial charge in [0, 0.05) is 11.6 Å². The van der Waals surface area contributed by atoms with Crippen molar-refractivity contribution >= 4 is 11.8 Å². The second-order valence-corrected chi connectivity index (χ2v) is 7.63. The molecule has 4 rings (SSSR count). The molecule has 1 amide bonds. The normalized spacial score (nSPS) is 21.2. The van der Waals surface area contributed by atoms with Crippen LogP contribution in [0.25, 0.3) is 0 Å². The Hall–Kier alpha value is -2.69. The third kappa shape index (κ3) is 4.58. The Kier molecular flexibility index (Phi) is 5.70. The van der Waals surface area contributed by atoms with Gasteiger partial charge in [0.05, 0.1) is 19.8 Å². The maximum Gasteiger partial charge on any atom is 0.411 e. The molecule has 0 bridgehead atoms. The summed E-state index contributed by atoms with van der Waals surface area (Å²) in [5, 5.41) is 2.75. The van der Waals surface area contributed by atoms with Crippen molar-refractivity contribution in [3.05, 3.63) is 54.1 Å². The van der Waals surface area contributed by atoms with Crippen LogP contribution in [0.2, 0.25) is 0 Å². The molecule has 2 unspecified atom stereocenters. The third-order valence-electron chi connectivity index (χ3n) is 5.58. The fraction of sp³-hybridized carbons (Fsp3) is 0.435. The number of ether oxygens (including phenoxy) is 3. The number of hydrogen-bond donors (Lipinski definition) is 1. The monoisotopic (exact) mass is 381 g/mol. The van der Waals surface area contributed by atoms with Crippen LogP contribution < -0.4 is 14.8 Å². The van der Waals surface area contributed by atoms with Gasteiger partial charge in [-0.25, -0.2) is 4.79 Å². The zero-order valence-electron chi connectivity index (χ0n) is 16.2. The first kappa shape index (κ1) is 18.7. The summed E-state index contributed by atoms with van der Waals surface area (Å²) in [5.41, 5.74) is 1.97. The first-order valence-electron chi connectivity index (χ1n) is 10.1. The van der Waals surface area contributed by atoms with E-state index in [0.717, 1.165) is 36.4 Å². The van der Waals surface area contributed by atoms with Gasteiger partial charge in [0.15, 0.2) is 11.5 Å². The largest absolute Gasteiger partial charge is 0.493 e. The summed E-state index contributed by atoms with van der Waals surface area (Å²) in [7, 11) is 1.68. The number of rotatable bonds is 7. The second-order valence-electron chi connectivity index (χ2n) is 7.63. The van der Waals surface area contributed by atoms with Crippen molar-refractivity contribution in [2.45, 2.75) is 44.1 Å². The average Bonchev–Trinajstić information content (AvgIpc) is 3.32. The van der Waals surface area contributed by atoms with Gasteiger partial charge in [-0.1, -0.05) is 24.3 Å². The fourth-order valence-electron chi connectivity index (χ4n) is 3.90. The van der Waals surface area contributed by atoms with E-state index in [1.165, 1.54) is 18.4 Å². The molecule has 2 aromatic rings. The van der Waals surface area contributed by atoms with E-state index in [-0.39, 0.29) is 0 Å². The molecule has 148 valence electrons. The van der Waals surface area contributed by atoms with Gasteiger partial charge in [-0.3, -0.25) is 5.32 Å². The number of amides is 1. The van der Waals surface area contributed by atoms with Gasteiger partial charge in [0.25, 0.3) is 0 Å². The molecule has 2 atom stereocenters. The zero-order chi connectivity index (χ0) is 19.3. The number of para-hydroxylation sites is 1. The predicted octanol–water partition coefficient (Wildman–Crippen LogP) is 5.37. The maximum atomic E-state index is 11.9. The van der Waals surface area contributed by atoms with Crippen molar-refractivity contribution in [1.29, 1.82) is 0 Å². The highest BCUT2D eigenvalue weighted by Gasteiger charge is 2.39. The van der Waals surface area contributed by atoms with Gasteiger partial charge in [-0.2, -0.15) is 0 Å². The summed E-state index contributed by atoms with van der Waals surface area (Å²) in [6.07, 6.45) is 5.61. The van der Waals surface area contributed by atoms with Gasteiger partial charge in [-0.05, 0) is 67.9 Å². The molecule has 0 aromatic heterocycles. The van der Waals surface area contributed by atoms with E-state index in [2.05, 4.69) is 17.4 Å². The Morgan fingerprint density at radius 1 is 1.07 bits per heavy atom.